The Kier molecular flexibility index (Phi) is 6.29. The van der Waals surface area contributed by atoms with E-state index in [9.17, 15) is 0 Å². The fraction of sp³-hybridized carbons (Fsp3) is 0. The lowest BCUT2D eigenvalue weighted by atomic mass is 9.85. The van der Waals surface area contributed by atoms with Crippen LogP contribution in [0, 0.1) is 0 Å². The standard InChI is InChI=1S/C54H30S2/c1-5-17-37-33(13-1)35-15-3-11-23-43(35)53-51(37)45-29-31(25-27-47(45)55-53)49-39-19-7-9-21-41(39)50(42-22-10-8-20-40(42)49)32-26-28-48-46(30-32)52-38-18-6-2-14-34(38)36-16-4-12-24-44(36)54(52)56-48/h1-30H. The molecule has 0 aliphatic rings. The van der Waals surface area contributed by atoms with Gasteiger partial charge in [-0.05, 0) is 100 Å². The van der Waals surface area contributed by atoms with Crippen molar-refractivity contribution >= 4 is 128 Å². The minimum absolute atomic E-state index is 1.26. The Bertz CT molecular complexity index is 3510. The number of fused-ring (bicyclic) bond motifs is 18. The van der Waals surface area contributed by atoms with Crippen LogP contribution in [0.2, 0.25) is 0 Å². The zero-order chi connectivity index (χ0) is 36.5. The molecule has 11 aromatic carbocycles. The molecule has 2 aromatic heterocycles. The first-order valence-corrected chi connectivity index (χ1v) is 20.9. The molecule has 0 amide bonds. The number of hydrogen-bond donors (Lipinski definition) is 0. The fourth-order valence-corrected chi connectivity index (χ4v) is 12.3. The summed E-state index contributed by atoms with van der Waals surface area (Å²) in [7, 11) is 0. The van der Waals surface area contributed by atoms with Gasteiger partial charge < -0.3 is 0 Å². The van der Waals surface area contributed by atoms with Gasteiger partial charge in [0.25, 0.3) is 0 Å². The van der Waals surface area contributed by atoms with Crippen LogP contribution >= 0.6 is 22.7 Å². The molecule has 0 saturated heterocycles. The van der Waals surface area contributed by atoms with Crippen molar-refractivity contribution in [2.45, 2.75) is 0 Å². The van der Waals surface area contributed by atoms with Crippen LogP contribution in [-0.2, 0) is 0 Å². The normalized spacial score (nSPS) is 12.3. The summed E-state index contributed by atoms with van der Waals surface area (Å²) in [6, 6.07) is 68.2. The topological polar surface area (TPSA) is 0 Å². The Balaban J connectivity index is 1.10. The summed E-state index contributed by atoms with van der Waals surface area (Å²) in [6.07, 6.45) is 0. The molecule has 0 unspecified atom stereocenters. The average molecular weight is 743 g/mol. The SMILES string of the molecule is c1ccc2c(-c3ccc4sc5c6ccccc6c6ccccc6c5c4c3)c3ccccc3c(-c3ccc4sc5c6ccccc6c6ccccc6c5c4c3)c2c1. The molecule has 0 aliphatic carbocycles. The molecule has 0 nitrogen and oxygen atoms in total. The number of hydrogen-bond acceptors (Lipinski definition) is 2. The Morgan fingerprint density at radius 1 is 0.232 bits per heavy atom. The van der Waals surface area contributed by atoms with Gasteiger partial charge in [-0.25, -0.2) is 0 Å². The molecule has 0 N–H and O–H groups in total. The van der Waals surface area contributed by atoms with E-state index in [2.05, 4.69) is 182 Å². The van der Waals surface area contributed by atoms with Gasteiger partial charge in [-0.1, -0.05) is 158 Å². The first kappa shape index (κ1) is 30.7. The minimum Gasteiger partial charge on any atom is -0.135 e. The molecular weight excluding hydrogens is 713 g/mol. The monoisotopic (exact) mass is 742 g/mol. The summed E-state index contributed by atoms with van der Waals surface area (Å²) in [5.41, 5.74) is 5.11. The smallest absolute Gasteiger partial charge is 0.0440 e. The zero-order valence-electron chi connectivity index (χ0n) is 30.1. The molecule has 0 fully saturated rings. The molecule has 0 atom stereocenters. The van der Waals surface area contributed by atoms with Gasteiger partial charge in [0.15, 0.2) is 0 Å². The second kappa shape index (κ2) is 11.5. The minimum atomic E-state index is 1.26. The van der Waals surface area contributed by atoms with Crippen molar-refractivity contribution < 1.29 is 0 Å². The average Bonchev–Trinajstić information content (AvgIpc) is 3.85. The summed E-state index contributed by atoms with van der Waals surface area (Å²) in [4.78, 5) is 0. The van der Waals surface area contributed by atoms with E-state index in [1.54, 1.807) is 0 Å². The molecule has 0 saturated carbocycles. The second-order valence-electron chi connectivity index (χ2n) is 15.1. The highest BCUT2D eigenvalue weighted by atomic mass is 32.1. The third-order valence-corrected chi connectivity index (χ3v) is 14.6. The fourth-order valence-electron chi connectivity index (χ4n) is 9.87. The van der Waals surface area contributed by atoms with Crippen LogP contribution in [0.1, 0.15) is 0 Å². The Morgan fingerprint density at radius 2 is 0.518 bits per heavy atom. The first-order chi connectivity index (χ1) is 27.8. The molecule has 0 radical (unpaired) electrons. The van der Waals surface area contributed by atoms with Gasteiger partial charge in [-0.3, -0.25) is 0 Å². The van der Waals surface area contributed by atoms with Crippen molar-refractivity contribution in [2.24, 2.45) is 0 Å². The van der Waals surface area contributed by atoms with Crippen molar-refractivity contribution in [3.8, 4) is 22.3 Å². The highest BCUT2D eigenvalue weighted by Crippen LogP contribution is 2.50. The third kappa shape index (κ3) is 4.12. The van der Waals surface area contributed by atoms with Gasteiger partial charge in [0.2, 0.25) is 0 Å². The van der Waals surface area contributed by atoms with Crippen molar-refractivity contribution in [1.82, 2.24) is 0 Å². The van der Waals surface area contributed by atoms with Crippen LogP contribution in [0.5, 0.6) is 0 Å². The first-order valence-electron chi connectivity index (χ1n) is 19.3. The highest BCUT2D eigenvalue weighted by Gasteiger charge is 2.21. The Labute approximate surface area is 330 Å². The summed E-state index contributed by atoms with van der Waals surface area (Å²) in [6.45, 7) is 0. The summed E-state index contributed by atoms with van der Waals surface area (Å²) < 4.78 is 5.39. The van der Waals surface area contributed by atoms with E-state index < -0.39 is 0 Å². The van der Waals surface area contributed by atoms with Gasteiger partial charge in [0.05, 0.1) is 0 Å². The molecule has 13 rings (SSSR count). The van der Waals surface area contributed by atoms with Gasteiger partial charge in [0, 0.05) is 51.1 Å². The predicted octanol–water partition coefficient (Wildman–Crippen LogP) is 16.7. The molecular formula is C54H30S2. The van der Waals surface area contributed by atoms with Crippen molar-refractivity contribution in [3.05, 3.63) is 182 Å². The van der Waals surface area contributed by atoms with Crippen LogP contribution in [0.4, 0.5) is 0 Å². The Morgan fingerprint density at radius 3 is 0.875 bits per heavy atom. The van der Waals surface area contributed by atoms with Gasteiger partial charge >= 0.3 is 0 Å². The predicted molar refractivity (Wildman–Crippen MR) is 248 cm³/mol. The van der Waals surface area contributed by atoms with E-state index in [1.807, 2.05) is 22.7 Å². The van der Waals surface area contributed by atoms with Gasteiger partial charge in [-0.15, -0.1) is 22.7 Å². The summed E-state index contributed by atoms with van der Waals surface area (Å²) >= 11 is 3.84. The van der Waals surface area contributed by atoms with E-state index in [0.717, 1.165) is 0 Å². The molecule has 0 aliphatic heterocycles. The maximum atomic E-state index is 2.47. The molecule has 2 heterocycles. The van der Waals surface area contributed by atoms with E-state index in [0.29, 0.717) is 0 Å². The summed E-state index contributed by atoms with van der Waals surface area (Å²) in [5.74, 6) is 0. The lowest BCUT2D eigenvalue weighted by molar-refractivity contribution is 1.70. The number of benzene rings is 11. The molecule has 56 heavy (non-hydrogen) atoms. The third-order valence-electron chi connectivity index (χ3n) is 12.2. The zero-order valence-corrected chi connectivity index (χ0v) is 31.8. The van der Waals surface area contributed by atoms with Gasteiger partial charge in [-0.2, -0.15) is 0 Å². The maximum Gasteiger partial charge on any atom is 0.0440 e. The van der Waals surface area contributed by atoms with Crippen LogP contribution in [0.15, 0.2) is 182 Å². The van der Waals surface area contributed by atoms with Crippen molar-refractivity contribution in [3.63, 3.8) is 0 Å². The highest BCUT2D eigenvalue weighted by molar-refractivity contribution is 7.27. The largest absolute Gasteiger partial charge is 0.135 e. The molecule has 0 spiro atoms. The van der Waals surface area contributed by atoms with Gasteiger partial charge in [0.1, 0.15) is 0 Å². The van der Waals surface area contributed by atoms with Crippen LogP contribution < -0.4 is 0 Å². The van der Waals surface area contributed by atoms with E-state index >= 15 is 0 Å². The van der Waals surface area contributed by atoms with Crippen molar-refractivity contribution in [1.29, 1.82) is 0 Å². The second-order valence-corrected chi connectivity index (χ2v) is 17.2. The summed E-state index contributed by atoms with van der Waals surface area (Å²) in [5, 5.41) is 21.1. The van der Waals surface area contributed by atoms with E-state index in [1.165, 1.54) is 127 Å². The van der Waals surface area contributed by atoms with Crippen molar-refractivity contribution in [2.75, 3.05) is 0 Å². The lowest BCUT2D eigenvalue weighted by Crippen LogP contribution is -1.90. The molecule has 0 bridgehead atoms. The quantitative estimate of drug-likeness (QED) is 0.122. The number of thiophene rings is 2. The van der Waals surface area contributed by atoms with E-state index in [-0.39, 0.29) is 0 Å². The number of rotatable bonds is 2. The lowest BCUT2D eigenvalue weighted by Gasteiger charge is -2.18. The Hall–Kier alpha value is -6.58. The van der Waals surface area contributed by atoms with Crippen LogP contribution in [0.3, 0.4) is 0 Å². The van der Waals surface area contributed by atoms with E-state index in [4.69, 9.17) is 0 Å². The van der Waals surface area contributed by atoms with Crippen LogP contribution in [0.25, 0.3) is 127 Å². The molecule has 258 valence electrons. The van der Waals surface area contributed by atoms with Crippen LogP contribution in [-0.4, -0.2) is 0 Å². The molecule has 13 aromatic rings. The molecule has 2 heteroatoms. The maximum absolute atomic E-state index is 2.47.